The van der Waals surface area contributed by atoms with Crippen molar-refractivity contribution in [2.24, 2.45) is 0 Å². The zero-order chi connectivity index (χ0) is 19.4. The van der Waals surface area contributed by atoms with Gasteiger partial charge < -0.3 is 19.1 Å². The standard InChI is InChI=1S/C21H27N3O3/c1-16-9-12-19(27-16)14-23(13-17-7-5-4-6-8-17)20(25)15-24(18-10-11-18)21(26)22(2)3/h4-9,12,18H,10-11,13-15H2,1-3H3. The molecule has 3 amide bonds. The zero-order valence-electron chi connectivity index (χ0n) is 16.2. The fourth-order valence-corrected chi connectivity index (χ4v) is 3.04. The smallest absolute Gasteiger partial charge is 0.320 e. The van der Waals surface area contributed by atoms with Gasteiger partial charge in [0.1, 0.15) is 18.1 Å². The minimum Gasteiger partial charge on any atom is -0.464 e. The van der Waals surface area contributed by atoms with Crippen LogP contribution in [0.15, 0.2) is 46.9 Å². The van der Waals surface area contributed by atoms with Crippen molar-refractivity contribution in [1.82, 2.24) is 14.7 Å². The van der Waals surface area contributed by atoms with Gasteiger partial charge in [0.05, 0.1) is 6.54 Å². The Kier molecular flexibility index (Phi) is 5.84. The summed E-state index contributed by atoms with van der Waals surface area (Å²) in [6.45, 7) is 2.84. The fraction of sp³-hybridized carbons (Fsp3) is 0.429. The molecule has 0 atom stereocenters. The molecule has 1 fully saturated rings. The lowest BCUT2D eigenvalue weighted by molar-refractivity contribution is -0.133. The van der Waals surface area contributed by atoms with Crippen molar-refractivity contribution in [2.45, 2.75) is 38.9 Å². The second-order valence-corrected chi connectivity index (χ2v) is 7.28. The number of hydrogen-bond acceptors (Lipinski definition) is 3. The number of nitrogens with zero attached hydrogens (tertiary/aromatic N) is 3. The third-order valence-electron chi connectivity index (χ3n) is 4.63. The van der Waals surface area contributed by atoms with Gasteiger partial charge in [0.25, 0.3) is 0 Å². The molecule has 0 saturated heterocycles. The topological polar surface area (TPSA) is 57.0 Å². The Morgan fingerprint density at radius 1 is 1.04 bits per heavy atom. The first-order valence-electron chi connectivity index (χ1n) is 9.29. The van der Waals surface area contributed by atoms with E-state index >= 15 is 0 Å². The summed E-state index contributed by atoms with van der Waals surface area (Å²) in [6.07, 6.45) is 1.92. The highest BCUT2D eigenvalue weighted by Crippen LogP contribution is 2.27. The molecule has 0 bridgehead atoms. The highest BCUT2D eigenvalue weighted by Gasteiger charge is 2.35. The highest BCUT2D eigenvalue weighted by atomic mass is 16.3. The number of benzene rings is 1. The molecule has 0 spiro atoms. The molecular formula is C21H27N3O3. The normalized spacial score (nSPS) is 13.3. The third-order valence-corrected chi connectivity index (χ3v) is 4.63. The summed E-state index contributed by atoms with van der Waals surface area (Å²) in [6, 6.07) is 13.7. The van der Waals surface area contributed by atoms with Crippen molar-refractivity contribution in [3.05, 3.63) is 59.5 Å². The summed E-state index contributed by atoms with van der Waals surface area (Å²) in [5, 5.41) is 0. The number of furan rings is 1. The number of carbonyl (C=O) groups excluding carboxylic acids is 2. The molecular weight excluding hydrogens is 342 g/mol. The lowest BCUT2D eigenvalue weighted by atomic mass is 10.2. The summed E-state index contributed by atoms with van der Waals surface area (Å²) in [5.41, 5.74) is 1.05. The molecule has 0 N–H and O–H groups in total. The van der Waals surface area contributed by atoms with Crippen LogP contribution >= 0.6 is 0 Å². The number of amides is 3. The Morgan fingerprint density at radius 2 is 1.74 bits per heavy atom. The molecule has 6 heteroatoms. The fourth-order valence-electron chi connectivity index (χ4n) is 3.04. The van der Waals surface area contributed by atoms with Crippen LogP contribution in [0.25, 0.3) is 0 Å². The van der Waals surface area contributed by atoms with Crippen molar-refractivity contribution < 1.29 is 14.0 Å². The number of carbonyl (C=O) groups is 2. The Hall–Kier alpha value is -2.76. The van der Waals surface area contributed by atoms with Gasteiger partial charge in [-0.3, -0.25) is 4.79 Å². The van der Waals surface area contributed by atoms with Crippen LogP contribution in [0.1, 0.15) is 29.9 Å². The SMILES string of the molecule is Cc1ccc(CN(Cc2ccccc2)C(=O)CN(C(=O)N(C)C)C2CC2)o1. The van der Waals surface area contributed by atoms with Crippen LogP contribution < -0.4 is 0 Å². The Balaban J connectivity index is 1.75. The summed E-state index contributed by atoms with van der Waals surface area (Å²) < 4.78 is 5.67. The van der Waals surface area contributed by atoms with Crippen LogP contribution in [0, 0.1) is 6.92 Å². The summed E-state index contributed by atoms with van der Waals surface area (Å²) in [5.74, 6) is 1.49. The molecule has 6 nitrogen and oxygen atoms in total. The second-order valence-electron chi connectivity index (χ2n) is 7.28. The summed E-state index contributed by atoms with van der Waals surface area (Å²) >= 11 is 0. The van der Waals surface area contributed by atoms with Crippen molar-refractivity contribution in [1.29, 1.82) is 0 Å². The first-order valence-corrected chi connectivity index (χ1v) is 9.29. The van der Waals surface area contributed by atoms with Gasteiger partial charge in [-0.1, -0.05) is 30.3 Å². The molecule has 144 valence electrons. The lowest BCUT2D eigenvalue weighted by Gasteiger charge is -2.29. The molecule has 27 heavy (non-hydrogen) atoms. The monoisotopic (exact) mass is 369 g/mol. The molecule has 1 aromatic carbocycles. The number of urea groups is 1. The zero-order valence-corrected chi connectivity index (χ0v) is 16.2. The average Bonchev–Trinajstić information content (AvgIpc) is 3.41. The van der Waals surface area contributed by atoms with E-state index in [0.717, 1.165) is 29.9 Å². The molecule has 0 radical (unpaired) electrons. The van der Waals surface area contributed by atoms with E-state index in [1.165, 1.54) is 4.90 Å². The van der Waals surface area contributed by atoms with Crippen LogP contribution in [0.4, 0.5) is 4.79 Å². The quantitative estimate of drug-likeness (QED) is 0.753. The lowest BCUT2D eigenvalue weighted by Crippen LogP contribution is -2.47. The predicted octanol–water partition coefficient (Wildman–Crippen LogP) is 3.26. The van der Waals surface area contributed by atoms with Crippen molar-refractivity contribution >= 4 is 11.9 Å². The maximum atomic E-state index is 13.1. The van der Waals surface area contributed by atoms with E-state index < -0.39 is 0 Å². The number of aryl methyl sites for hydroxylation is 1. The average molecular weight is 369 g/mol. The highest BCUT2D eigenvalue weighted by molar-refractivity contribution is 5.84. The molecule has 3 rings (SSSR count). The van der Waals surface area contributed by atoms with Gasteiger partial charge in [-0.25, -0.2) is 4.79 Å². The maximum absolute atomic E-state index is 13.1. The number of rotatable bonds is 7. The molecule has 0 unspecified atom stereocenters. The van der Waals surface area contributed by atoms with E-state index in [1.807, 2.05) is 49.4 Å². The van der Waals surface area contributed by atoms with E-state index in [4.69, 9.17) is 4.42 Å². The maximum Gasteiger partial charge on any atom is 0.320 e. The second kappa shape index (κ2) is 8.29. The van der Waals surface area contributed by atoms with Crippen molar-refractivity contribution in [3.63, 3.8) is 0 Å². The summed E-state index contributed by atoms with van der Waals surface area (Å²) in [7, 11) is 3.44. The van der Waals surface area contributed by atoms with Gasteiger partial charge in [-0.2, -0.15) is 0 Å². The molecule has 1 saturated carbocycles. The van der Waals surface area contributed by atoms with Gasteiger partial charge in [0.15, 0.2) is 0 Å². The molecule has 1 aromatic heterocycles. The Labute approximate surface area is 160 Å². The van der Waals surface area contributed by atoms with Crippen LogP contribution in [0.3, 0.4) is 0 Å². The van der Waals surface area contributed by atoms with Gasteiger partial charge >= 0.3 is 6.03 Å². The minimum absolute atomic E-state index is 0.0741. The van der Waals surface area contributed by atoms with Crippen LogP contribution in [0.2, 0.25) is 0 Å². The van der Waals surface area contributed by atoms with E-state index in [-0.39, 0.29) is 24.5 Å². The summed E-state index contributed by atoms with van der Waals surface area (Å²) in [4.78, 5) is 30.5. The predicted molar refractivity (Wildman–Crippen MR) is 103 cm³/mol. The number of hydrogen-bond donors (Lipinski definition) is 0. The van der Waals surface area contributed by atoms with E-state index in [0.29, 0.717) is 13.1 Å². The van der Waals surface area contributed by atoms with Crippen molar-refractivity contribution in [3.8, 4) is 0 Å². The molecule has 1 heterocycles. The van der Waals surface area contributed by atoms with Gasteiger partial charge in [-0.15, -0.1) is 0 Å². The van der Waals surface area contributed by atoms with E-state index in [1.54, 1.807) is 23.9 Å². The molecule has 0 aliphatic heterocycles. The minimum atomic E-state index is -0.112. The third kappa shape index (κ3) is 5.12. The van der Waals surface area contributed by atoms with Gasteiger partial charge in [0.2, 0.25) is 5.91 Å². The first-order chi connectivity index (χ1) is 12.9. The van der Waals surface area contributed by atoms with Gasteiger partial charge in [-0.05, 0) is 37.5 Å². The Morgan fingerprint density at radius 3 is 2.30 bits per heavy atom. The Bertz CT molecular complexity index is 781. The van der Waals surface area contributed by atoms with Crippen LogP contribution in [0.5, 0.6) is 0 Å². The van der Waals surface area contributed by atoms with E-state index in [2.05, 4.69) is 0 Å². The molecule has 1 aliphatic rings. The molecule has 2 aromatic rings. The first kappa shape index (κ1) is 19.0. The van der Waals surface area contributed by atoms with Crippen LogP contribution in [-0.4, -0.2) is 53.3 Å². The van der Waals surface area contributed by atoms with E-state index in [9.17, 15) is 9.59 Å². The van der Waals surface area contributed by atoms with Crippen molar-refractivity contribution in [2.75, 3.05) is 20.6 Å². The van der Waals surface area contributed by atoms with Crippen LogP contribution in [-0.2, 0) is 17.9 Å². The molecule has 1 aliphatic carbocycles. The largest absolute Gasteiger partial charge is 0.464 e. The van der Waals surface area contributed by atoms with Gasteiger partial charge in [0, 0.05) is 26.7 Å².